The maximum atomic E-state index is 12.2. The van der Waals surface area contributed by atoms with E-state index in [4.69, 9.17) is 4.42 Å². The highest BCUT2D eigenvalue weighted by molar-refractivity contribution is 7.99. The first-order valence-electron chi connectivity index (χ1n) is 9.34. The largest absolute Gasteiger partial charge is 0.451 e. The van der Waals surface area contributed by atoms with E-state index in [-0.39, 0.29) is 11.4 Å². The molecule has 1 N–H and O–H groups in total. The molecule has 0 saturated heterocycles. The van der Waals surface area contributed by atoms with Gasteiger partial charge in [-0.15, -0.1) is 0 Å². The van der Waals surface area contributed by atoms with Gasteiger partial charge in [-0.25, -0.2) is 5.43 Å². The number of amides is 1. The van der Waals surface area contributed by atoms with E-state index in [0.29, 0.717) is 11.0 Å². The number of nitrogens with zero attached hydrogens (tertiary/aromatic N) is 2. The van der Waals surface area contributed by atoms with Gasteiger partial charge in [0.15, 0.2) is 5.76 Å². The molecule has 1 aromatic heterocycles. The molecule has 1 amide bonds. The second kappa shape index (κ2) is 8.85. The molecule has 0 bridgehead atoms. The minimum Gasteiger partial charge on any atom is -0.451 e. The number of benzene rings is 3. The van der Waals surface area contributed by atoms with Crippen LogP contribution < -0.4 is 5.43 Å². The normalized spacial score (nSPS) is 11.1. The van der Waals surface area contributed by atoms with Crippen molar-refractivity contribution in [2.24, 2.45) is 5.10 Å². The zero-order chi connectivity index (χ0) is 21.8. The molecule has 0 aliphatic carbocycles. The number of nitro groups is 1. The van der Waals surface area contributed by atoms with Crippen molar-refractivity contribution in [1.82, 2.24) is 5.43 Å². The summed E-state index contributed by atoms with van der Waals surface area (Å²) < 4.78 is 5.44. The number of carbonyl (C=O) groups excluding carboxylic acids is 1. The van der Waals surface area contributed by atoms with E-state index in [0.717, 1.165) is 15.4 Å². The lowest BCUT2D eigenvalue weighted by atomic mass is 10.2. The van der Waals surface area contributed by atoms with Crippen LogP contribution >= 0.6 is 11.8 Å². The number of furan rings is 1. The summed E-state index contributed by atoms with van der Waals surface area (Å²) >= 11 is 1.67. The number of rotatable bonds is 6. The van der Waals surface area contributed by atoms with E-state index in [1.807, 2.05) is 24.3 Å². The fourth-order valence-corrected chi connectivity index (χ4v) is 3.66. The Labute approximate surface area is 181 Å². The topological polar surface area (TPSA) is 97.7 Å². The van der Waals surface area contributed by atoms with E-state index in [2.05, 4.69) is 41.7 Å². The summed E-state index contributed by atoms with van der Waals surface area (Å²) in [6, 6.07) is 21.7. The SMILES string of the molecule is Cc1ccc(Sc2ccc(/C=N\NC(=O)c3cc4cc([N+](=O)[O-])ccc4o3)cc2)cc1. The van der Waals surface area contributed by atoms with Crippen LogP contribution in [0.15, 0.2) is 92.1 Å². The Balaban J connectivity index is 1.37. The third-order valence-corrected chi connectivity index (χ3v) is 5.47. The summed E-state index contributed by atoms with van der Waals surface area (Å²) in [6.45, 7) is 2.06. The monoisotopic (exact) mass is 431 g/mol. The Morgan fingerprint density at radius 1 is 1.03 bits per heavy atom. The van der Waals surface area contributed by atoms with Crippen molar-refractivity contribution in [3.8, 4) is 0 Å². The second-order valence-corrected chi connectivity index (χ2v) is 7.92. The van der Waals surface area contributed by atoms with Crippen molar-refractivity contribution < 1.29 is 14.1 Å². The first-order valence-corrected chi connectivity index (χ1v) is 10.2. The van der Waals surface area contributed by atoms with Crippen molar-refractivity contribution in [3.05, 3.63) is 99.8 Å². The molecule has 154 valence electrons. The molecule has 0 unspecified atom stereocenters. The molecule has 0 saturated carbocycles. The molecule has 0 spiro atoms. The van der Waals surface area contributed by atoms with Crippen molar-refractivity contribution in [1.29, 1.82) is 0 Å². The van der Waals surface area contributed by atoms with Crippen LogP contribution in [0, 0.1) is 17.0 Å². The highest BCUT2D eigenvalue weighted by atomic mass is 32.2. The first-order chi connectivity index (χ1) is 15.0. The number of non-ortho nitro benzene ring substituents is 1. The lowest BCUT2D eigenvalue weighted by Gasteiger charge is -2.02. The van der Waals surface area contributed by atoms with Crippen molar-refractivity contribution in [2.75, 3.05) is 0 Å². The van der Waals surface area contributed by atoms with Gasteiger partial charge in [-0.05, 0) is 48.9 Å². The zero-order valence-corrected chi connectivity index (χ0v) is 17.3. The van der Waals surface area contributed by atoms with E-state index < -0.39 is 10.8 Å². The maximum absolute atomic E-state index is 12.2. The van der Waals surface area contributed by atoms with Crippen LogP contribution in [0.4, 0.5) is 5.69 Å². The fourth-order valence-electron chi connectivity index (χ4n) is 2.84. The molecule has 8 heteroatoms. The van der Waals surface area contributed by atoms with Gasteiger partial charge in [-0.2, -0.15) is 5.10 Å². The standard InChI is InChI=1S/C23H17N3O4S/c1-15-2-7-19(8-3-15)31-20-9-4-16(5-10-20)14-24-25-23(27)22-13-17-12-18(26(28)29)6-11-21(17)30-22/h2-14H,1H3,(H,25,27)/b24-14-. The summed E-state index contributed by atoms with van der Waals surface area (Å²) in [5.74, 6) is -0.515. The lowest BCUT2D eigenvalue weighted by molar-refractivity contribution is -0.384. The van der Waals surface area contributed by atoms with Crippen LogP contribution in [0.25, 0.3) is 11.0 Å². The van der Waals surface area contributed by atoms with Crippen molar-refractivity contribution >= 4 is 40.5 Å². The van der Waals surface area contributed by atoms with E-state index in [1.54, 1.807) is 11.8 Å². The van der Waals surface area contributed by atoms with Crippen molar-refractivity contribution in [2.45, 2.75) is 16.7 Å². The van der Waals surface area contributed by atoms with Crippen LogP contribution in [0.5, 0.6) is 0 Å². The number of fused-ring (bicyclic) bond motifs is 1. The van der Waals surface area contributed by atoms with Gasteiger partial charge in [0.05, 0.1) is 11.1 Å². The van der Waals surface area contributed by atoms with E-state index in [9.17, 15) is 14.9 Å². The van der Waals surface area contributed by atoms with Gasteiger partial charge in [-0.1, -0.05) is 41.6 Å². The summed E-state index contributed by atoms with van der Waals surface area (Å²) in [6.07, 6.45) is 1.53. The summed E-state index contributed by atoms with van der Waals surface area (Å²) in [7, 11) is 0. The molecule has 0 aliphatic heterocycles. The van der Waals surface area contributed by atoms with Crippen molar-refractivity contribution in [3.63, 3.8) is 0 Å². The van der Waals surface area contributed by atoms with Gasteiger partial charge in [0, 0.05) is 27.3 Å². The zero-order valence-electron chi connectivity index (χ0n) is 16.4. The minimum absolute atomic E-state index is 0.0255. The first kappa shape index (κ1) is 20.4. The highest BCUT2D eigenvalue weighted by Crippen LogP contribution is 2.28. The highest BCUT2D eigenvalue weighted by Gasteiger charge is 2.14. The molecule has 0 radical (unpaired) electrons. The maximum Gasteiger partial charge on any atom is 0.307 e. The molecule has 4 aromatic rings. The fraction of sp³-hybridized carbons (Fsp3) is 0.0435. The molecular formula is C23H17N3O4S. The van der Waals surface area contributed by atoms with E-state index >= 15 is 0 Å². The predicted octanol–water partition coefficient (Wildman–Crippen LogP) is 5.56. The Bertz CT molecular complexity index is 1280. The van der Waals surface area contributed by atoms with Gasteiger partial charge in [-0.3, -0.25) is 14.9 Å². The van der Waals surface area contributed by atoms with Gasteiger partial charge in [0.1, 0.15) is 5.58 Å². The number of hydrazone groups is 1. The summed E-state index contributed by atoms with van der Waals surface area (Å²) in [5.41, 5.74) is 4.78. The molecule has 3 aromatic carbocycles. The quantitative estimate of drug-likeness (QED) is 0.245. The summed E-state index contributed by atoms with van der Waals surface area (Å²) in [4.78, 5) is 24.9. The van der Waals surface area contributed by atoms with Gasteiger partial charge < -0.3 is 4.42 Å². The smallest absolute Gasteiger partial charge is 0.307 e. The van der Waals surface area contributed by atoms with Gasteiger partial charge in [0.25, 0.3) is 5.69 Å². The Morgan fingerprint density at radius 2 is 1.71 bits per heavy atom. The number of hydrogen-bond donors (Lipinski definition) is 1. The van der Waals surface area contributed by atoms with Gasteiger partial charge in [0.2, 0.25) is 0 Å². The Hall–Kier alpha value is -3.91. The number of hydrogen-bond acceptors (Lipinski definition) is 6. The van der Waals surface area contributed by atoms with Crippen LogP contribution in [0.3, 0.4) is 0 Å². The molecule has 0 atom stereocenters. The Morgan fingerprint density at radius 3 is 2.39 bits per heavy atom. The molecule has 4 rings (SSSR count). The molecular weight excluding hydrogens is 414 g/mol. The van der Waals surface area contributed by atoms with E-state index in [1.165, 1.54) is 36.0 Å². The second-order valence-electron chi connectivity index (χ2n) is 6.77. The molecule has 31 heavy (non-hydrogen) atoms. The molecule has 1 heterocycles. The number of nitro benzene ring substituents is 1. The Kier molecular flexibility index (Phi) is 5.81. The third-order valence-electron chi connectivity index (χ3n) is 4.45. The molecule has 0 aliphatic rings. The molecule has 0 fully saturated rings. The predicted molar refractivity (Wildman–Crippen MR) is 120 cm³/mol. The average molecular weight is 431 g/mol. The minimum atomic E-state index is -0.540. The summed E-state index contributed by atoms with van der Waals surface area (Å²) in [5, 5.41) is 15.3. The lowest BCUT2D eigenvalue weighted by Crippen LogP contribution is -2.16. The van der Waals surface area contributed by atoms with Gasteiger partial charge >= 0.3 is 5.91 Å². The number of nitrogens with one attached hydrogen (secondary N) is 1. The number of carbonyl (C=O) groups is 1. The van der Waals surface area contributed by atoms with Crippen LogP contribution in [-0.2, 0) is 0 Å². The van der Waals surface area contributed by atoms with Crippen LogP contribution in [-0.4, -0.2) is 17.0 Å². The van der Waals surface area contributed by atoms with Crippen LogP contribution in [0.2, 0.25) is 0 Å². The average Bonchev–Trinajstić information content (AvgIpc) is 3.20. The third kappa shape index (κ3) is 4.99. The van der Waals surface area contributed by atoms with Crippen LogP contribution in [0.1, 0.15) is 21.7 Å². The number of aryl methyl sites for hydroxylation is 1. The molecule has 7 nitrogen and oxygen atoms in total.